The van der Waals surface area contributed by atoms with Gasteiger partial charge in [0.15, 0.2) is 0 Å². The molecule has 0 spiro atoms. The van der Waals surface area contributed by atoms with E-state index >= 15 is 0 Å². The van der Waals surface area contributed by atoms with Crippen molar-refractivity contribution in [3.8, 4) is 0 Å². The molecule has 2 aliphatic rings. The van der Waals surface area contributed by atoms with Gasteiger partial charge in [0.05, 0.1) is 24.9 Å². The average molecular weight is 465 g/mol. The van der Waals surface area contributed by atoms with E-state index < -0.39 is 6.10 Å². The van der Waals surface area contributed by atoms with E-state index in [4.69, 9.17) is 4.74 Å². The Morgan fingerprint density at radius 1 is 0.824 bits per heavy atom. The summed E-state index contributed by atoms with van der Waals surface area (Å²) in [5, 5.41) is 10.7. The van der Waals surface area contributed by atoms with Crippen LogP contribution < -0.4 is 0 Å². The van der Waals surface area contributed by atoms with Crippen molar-refractivity contribution in [1.82, 2.24) is 9.80 Å². The zero-order valence-corrected chi connectivity index (χ0v) is 21.4. The van der Waals surface area contributed by atoms with Gasteiger partial charge < -0.3 is 9.84 Å². The first-order valence-corrected chi connectivity index (χ1v) is 13.3. The van der Waals surface area contributed by atoms with Crippen LogP contribution in [0.25, 0.3) is 0 Å². The standard InChI is InChI=1S/C30H44N2O2/c1-30(2,3)26-14-16-28(17-15-26)34-23-27(33)22-31-18-20-32(21-19-31)29(24-10-6-4-7-11-24)25-12-8-5-9-13-25/h4-13,26-29,33H,14-23H2,1-3H3/t26?,27-,28?/m1/s1. The zero-order valence-electron chi connectivity index (χ0n) is 21.4. The van der Waals surface area contributed by atoms with Gasteiger partial charge in [-0.1, -0.05) is 81.4 Å². The summed E-state index contributed by atoms with van der Waals surface area (Å²) in [7, 11) is 0. The highest BCUT2D eigenvalue weighted by Gasteiger charge is 2.31. The van der Waals surface area contributed by atoms with Crippen molar-refractivity contribution in [3.63, 3.8) is 0 Å². The van der Waals surface area contributed by atoms with E-state index in [1.807, 2.05) is 0 Å². The van der Waals surface area contributed by atoms with E-state index in [9.17, 15) is 5.11 Å². The Morgan fingerprint density at radius 3 is 1.85 bits per heavy atom. The van der Waals surface area contributed by atoms with Gasteiger partial charge >= 0.3 is 0 Å². The number of ether oxygens (including phenoxy) is 1. The van der Waals surface area contributed by atoms with Crippen LogP contribution in [0, 0.1) is 11.3 Å². The molecule has 2 fully saturated rings. The maximum atomic E-state index is 10.7. The van der Waals surface area contributed by atoms with Crippen LogP contribution in [0.4, 0.5) is 0 Å². The molecular formula is C30H44N2O2. The molecule has 34 heavy (non-hydrogen) atoms. The summed E-state index contributed by atoms with van der Waals surface area (Å²) in [5.41, 5.74) is 3.08. The first kappa shape index (κ1) is 25.4. The van der Waals surface area contributed by atoms with Crippen molar-refractivity contribution in [1.29, 1.82) is 0 Å². The van der Waals surface area contributed by atoms with Gasteiger partial charge in [0.1, 0.15) is 0 Å². The fourth-order valence-electron chi connectivity index (χ4n) is 5.78. The van der Waals surface area contributed by atoms with E-state index in [1.54, 1.807) is 0 Å². The molecule has 1 aliphatic heterocycles. The average Bonchev–Trinajstić information content (AvgIpc) is 2.85. The molecule has 1 heterocycles. The Hall–Kier alpha value is -1.72. The molecule has 4 heteroatoms. The predicted molar refractivity (Wildman–Crippen MR) is 140 cm³/mol. The van der Waals surface area contributed by atoms with Crippen LogP contribution in [0.5, 0.6) is 0 Å². The largest absolute Gasteiger partial charge is 0.389 e. The minimum absolute atomic E-state index is 0.279. The third-order valence-electron chi connectivity index (χ3n) is 7.89. The molecule has 4 nitrogen and oxygen atoms in total. The highest BCUT2D eigenvalue weighted by atomic mass is 16.5. The number of benzene rings is 2. The number of aliphatic hydroxyl groups is 1. The Bertz CT molecular complexity index is 796. The molecule has 0 unspecified atom stereocenters. The third kappa shape index (κ3) is 6.91. The van der Waals surface area contributed by atoms with Gasteiger partial charge in [-0.3, -0.25) is 9.80 Å². The summed E-state index contributed by atoms with van der Waals surface area (Å²) in [5.74, 6) is 0.796. The van der Waals surface area contributed by atoms with Crippen molar-refractivity contribution in [2.45, 2.75) is 64.7 Å². The van der Waals surface area contributed by atoms with Crippen molar-refractivity contribution in [3.05, 3.63) is 71.8 Å². The van der Waals surface area contributed by atoms with Gasteiger partial charge in [-0.2, -0.15) is 0 Å². The van der Waals surface area contributed by atoms with Crippen LogP contribution in [0.15, 0.2) is 60.7 Å². The number of hydrogen-bond acceptors (Lipinski definition) is 4. The molecule has 186 valence electrons. The first-order chi connectivity index (χ1) is 16.4. The van der Waals surface area contributed by atoms with Crippen LogP contribution >= 0.6 is 0 Å². The van der Waals surface area contributed by atoms with Gasteiger partial charge in [0.2, 0.25) is 0 Å². The second-order valence-electron chi connectivity index (χ2n) is 11.4. The summed E-state index contributed by atoms with van der Waals surface area (Å²) in [4.78, 5) is 4.98. The molecule has 1 atom stereocenters. The number of nitrogens with zero attached hydrogens (tertiary/aromatic N) is 2. The van der Waals surface area contributed by atoms with Gasteiger partial charge in [-0.15, -0.1) is 0 Å². The molecule has 0 amide bonds. The Labute approximate surface area is 206 Å². The fourth-order valence-corrected chi connectivity index (χ4v) is 5.78. The highest BCUT2D eigenvalue weighted by molar-refractivity contribution is 5.31. The lowest BCUT2D eigenvalue weighted by Gasteiger charge is -2.40. The SMILES string of the molecule is CC(C)(C)C1CCC(OC[C@H](O)CN2CCN(C(c3ccccc3)c3ccccc3)CC2)CC1. The zero-order chi connectivity index (χ0) is 24.0. The van der Waals surface area contributed by atoms with Crippen LogP contribution in [-0.2, 0) is 4.74 Å². The van der Waals surface area contributed by atoms with Crippen LogP contribution in [0.3, 0.4) is 0 Å². The molecular weight excluding hydrogens is 420 g/mol. The molecule has 2 aromatic rings. The molecule has 1 saturated heterocycles. The number of rotatable bonds is 8. The first-order valence-electron chi connectivity index (χ1n) is 13.3. The summed E-state index contributed by atoms with van der Waals surface area (Å²) in [6.07, 6.45) is 4.67. The molecule has 1 N–H and O–H groups in total. The summed E-state index contributed by atoms with van der Waals surface area (Å²) in [6, 6.07) is 21.9. The number of β-amino-alcohol motifs (C(OH)–C–C–N with tert-alkyl or cyclic N) is 1. The van der Waals surface area contributed by atoms with Crippen LogP contribution in [0.1, 0.15) is 63.6 Å². The van der Waals surface area contributed by atoms with Gasteiger partial charge in [0.25, 0.3) is 0 Å². The maximum absolute atomic E-state index is 10.7. The fraction of sp³-hybridized carbons (Fsp3) is 0.600. The van der Waals surface area contributed by atoms with Crippen LogP contribution in [-0.4, -0.2) is 66.4 Å². The third-order valence-corrected chi connectivity index (χ3v) is 7.89. The van der Waals surface area contributed by atoms with Crippen molar-refractivity contribution in [2.24, 2.45) is 11.3 Å². The lowest BCUT2D eigenvalue weighted by atomic mass is 9.72. The quantitative estimate of drug-likeness (QED) is 0.569. The monoisotopic (exact) mass is 464 g/mol. The number of piperazine rings is 1. The van der Waals surface area contributed by atoms with E-state index in [0.29, 0.717) is 24.7 Å². The summed E-state index contributed by atoms with van der Waals surface area (Å²) < 4.78 is 6.14. The summed E-state index contributed by atoms with van der Waals surface area (Å²) >= 11 is 0. The van der Waals surface area contributed by atoms with E-state index in [0.717, 1.165) is 44.9 Å². The Morgan fingerprint density at radius 2 is 1.35 bits per heavy atom. The number of aliphatic hydroxyl groups excluding tert-OH is 1. The molecule has 1 aliphatic carbocycles. The van der Waals surface area contributed by atoms with E-state index in [-0.39, 0.29) is 6.04 Å². The van der Waals surface area contributed by atoms with Crippen LogP contribution in [0.2, 0.25) is 0 Å². The van der Waals surface area contributed by atoms with E-state index in [1.165, 1.54) is 24.0 Å². The second kappa shape index (κ2) is 11.8. The lowest BCUT2D eigenvalue weighted by Crippen LogP contribution is -2.50. The minimum atomic E-state index is -0.411. The smallest absolute Gasteiger partial charge is 0.0900 e. The predicted octanol–water partition coefficient (Wildman–Crippen LogP) is 5.38. The van der Waals surface area contributed by atoms with Crippen molar-refractivity contribution >= 4 is 0 Å². The molecule has 1 saturated carbocycles. The summed E-state index contributed by atoms with van der Waals surface area (Å²) in [6.45, 7) is 12.2. The minimum Gasteiger partial charge on any atom is -0.389 e. The van der Waals surface area contributed by atoms with Crippen molar-refractivity contribution < 1.29 is 9.84 Å². The highest BCUT2D eigenvalue weighted by Crippen LogP contribution is 2.38. The van der Waals surface area contributed by atoms with Gasteiger partial charge in [-0.25, -0.2) is 0 Å². The van der Waals surface area contributed by atoms with E-state index in [2.05, 4.69) is 91.2 Å². The maximum Gasteiger partial charge on any atom is 0.0900 e. The molecule has 0 bridgehead atoms. The Balaban J connectivity index is 1.23. The van der Waals surface area contributed by atoms with Gasteiger partial charge in [-0.05, 0) is 48.1 Å². The normalized spacial score (nSPS) is 23.8. The molecule has 2 aromatic carbocycles. The topological polar surface area (TPSA) is 35.9 Å². The molecule has 4 rings (SSSR count). The van der Waals surface area contributed by atoms with Gasteiger partial charge in [0, 0.05) is 32.7 Å². The Kier molecular flexibility index (Phi) is 8.81. The second-order valence-corrected chi connectivity index (χ2v) is 11.4. The molecule has 0 aromatic heterocycles. The lowest BCUT2D eigenvalue weighted by molar-refractivity contribution is -0.0477. The molecule has 0 radical (unpaired) electrons. The van der Waals surface area contributed by atoms with Crippen molar-refractivity contribution in [2.75, 3.05) is 39.3 Å². The number of hydrogen-bond donors (Lipinski definition) is 1.